The van der Waals surface area contributed by atoms with Gasteiger partial charge in [0.25, 0.3) is 0 Å². The van der Waals surface area contributed by atoms with Gasteiger partial charge in [0.05, 0.1) is 5.54 Å². The van der Waals surface area contributed by atoms with Gasteiger partial charge in [-0.2, -0.15) is 0 Å². The predicted molar refractivity (Wildman–Crippen MR) is 81.2 cm³/mol. The van der Waals surface area contributed by atoms with E-state index < -0.39 is 0 Å². The van der Waals surface area contributed by atoms with Crippen molar-refractivity contribution in [3.8, 4) is 0 Å². The number of carbonyl (C=O) groups excluding carboxylic acids is 1. The van der Waals surface area contributed by atoms with E-state index in [1.165, 1.54) is 18.6 Å². The van der Waals surface area contributed by atoms with Crippen LogP contribution in [0.1, 0.15) is 37.7 Å². The minimum absolute atomic E-state index is 0.0240. The zero-order valence-corrected chi connectivity index (χ0v) is 12.1. The highest BCUT2D eigenvalue weighted by Gasteiger charge is 2.46. The first kappa shape index (κ1) is 14.3. The van der Waals surface area contributed by atoms with Crippen molar-refractivity contribution in [3.05, 3.63) is 41.7 Å². The van der Waals surface area contributed by atoms with Crippen LogP contribution >= 0.6 is 0 Å². The highest BCUT2D eigenvalue weighted by Crippen LogP contribution is 2.36. The van der Waals surface area contributed by atoms with Gasteiger partial charge in [-0.3, -0.25) is 4.79 Å². The van der Waals surface area contributed by atoms with Crippen LogP contribution in [0.2, 0.25) is 0 Å². The summed E-state index contributed by atoms with van der Waals surface area (Å²) in [6, 6.07) is 6.80. The molecule has 3 rings (SSSR count). The molecule has 2 unspecified atom stereocenters. The third-order valence-electron chi connectivity index (χ3n) is 4.60. The summed E-state index contributed by atoms with van der Waals surface area (Å²) in [7, 11) is 0. The molecule has 21 heavy (non-hydrogen) atoms. The molecule has 2 fully saturated rings. The third kappa shape index (κ3) is 3.16. The molecule has 1 saturated carbocycles. The van der Waals surface area contributed by atoms with Crippen LogP contribution in [0.15, 0.2) is 30.3 Å². The Kier molecular flexibility index (Phi) is 4.06. The average molecular weight is 288 g/mol. The van der Waals surface area contributed by atoms with Crippen molar-refractivity contribution < 1.29 is 9.18 Å². The minimum Gasteiger partial charge on any atom is -0.349 e. The molecule has 0 aromatic heterocycles. The van der Waals surface area contributed by atoms with Gasteiger partial charge in [0, 0.05) is 12.5 Å². The molecule has 1 amide bonds. The Morgan fingerprint density at radius 2 is 2.38 bits per heavy atom. The van der Waals surface area contributed by atoms with E-state index in [2.05, 4.69) is 10.6 Å². The van der Waals surface area contributed by atoms with Crippen molar-refractivity contribution in [1.29, 1.82) is 0 Å². The monoisotopic (exact) mass is 288 g/mol. The molecule has 112 valence electrons. The summed E-state index contributed by atoms with van der Waals surface area (Å²) in [5, 5.41) is 6.70. The number of carbonyl (C=O) groups is 1. The quantitative estimate of drug-likeness (QED) is 0.894. The highest BCUT2D eigenvalue weighted by molar-refractivity contribution is 5.79. The molecule has 0 radical (unpaired) electrons. The lowest BCUT2D eigenvalue weighted by atomic mass is 9.93. The SMILES string of the molecule is O=C(C/C=C/c1cccc(F)c1)NC12CCCC1NCC2. The summed E-state index contributed by atoms with van der Waals surface area (Å²) in [5.74, 6) is -0.204. The lowest BCUT2D eigenvalue weighted by Crippen LogP contribution is -2.52. The maximum Gasteiger partial charge on any atom is 0.224 e. The Hall–Kier alpha value is -1.68. The zero-order chi connectivity index (χ0) is 14.7. The van der Waals surface area contributed by atoms with Gasteiger partial charge >= 0.3 is 0 Å². The summed E-state index contributed by atoms with van der Waals surface area (Å²) in [6.45, 7) is 0.990. The fourth-order valence-corrected chi connectivity index (χ4v) is 3.59. The molecule has 1 aliphatic carbocycles. The van der Waals surface area contributed by atoms with Crippen molar-refractivity contribution in [2.24, 2.45) is 0 Å². The highest BCUT2D eigenvalue weighted by atomic mass is 19.1. The number of hydrogen-bond acceptors (Lipinski definition) is 2. The number of amides is 1. The minimum atomic E-state index is -0.258. The Bertz CT molecular complexity index is 545. The molecular weight excluding hydrogens is 267 g/mol. The van der Waals surface area contributed by atoms with E-state index in [1.807, 2.05) is 6.07 Å². The second kappa shape index (κ2) is 5.98. The Morgan fingerprint density at radius 1 is 1.48 bits per heavy atom. The topological polar surface area (TPSA) is 41.1 Å². The van der Waals surface area contributed by atoms with E-state index in [9.17, 15) is 9.18 Å². The molecule has 2 aliphatic rings. The van der Waals surface area contributed by atoms with E-state index in [0.29, 0.717) is 12.5 Å². The van der Waals surface area contributed by atoms with Crippen LogP contribution < -0.4 is 10.6 Å². The second-order valence-electron chi connectivity index (χ2n) is 6.01. The number of hydrogen-bond donors (Lipinski definition) is 2. The fraction of sp³-hybridized carbons (Fsp3) is 0.471. The molecule has 0 bridgehead atoms. The summed E-state index contributed by atoms with van der Waals surface area (Å²) in [5.41, 5.74) is 0.756. The molecule has 1 heterocycles. The van der Waals surface area contributed by atoms with Gasteiger partial charge < -0.3 is 10.6 Å². The number of benzene rings is 1. The van der Waals surface area contributed by atoms with Crippen molar-refractivity contribution in [2.45, 2.75) is 43.7 Å². The van der Waals surface area contributed by atoms with E-state index in [1.54, 1.807) is 18.2 Å². The van der Waals surface area contributed by atoms with Crippen LogP contribution in [0, 0.1) is 5.82 Å². The number of rotatable bonds is 4. The third-order valence-corrected chi connectivity index (χ3v) is 4.60. The normalized spacial score (nSPS) is 28.0. The van der Waals surface area contributed by atoms with E-state index in [4.69, 9.17) is 0 Å². The predicted octanol–water partition coefficient (Wildman–Crippen LogP) is 2.63. The van der Waals surface area contributed by atoms with Crippen LogP contribution in [0.5, 0.6) is 0 Å². The molecule has 2 N–H and O–H groups in total. The first-order chi connectivity index (χ1) is 10.2. The molecule has 3 nitrogen and oxygen atoms in total. The second-order valence-corrected chi connectivity index (χ2v) is 6.01. The van der Waals surface area contributed by atoms with E-state index in [-0.39, 0.29) is 17.3 Å². The summed E-state index contributed by atoms with van der Waals surface area (Å²) in [4.78, 5) is 12.1. The molecule has 1 saturated heterocycles. The smallest absolute Gasteiger partial charge is 0.224 e. The summed E-state index contributed by atoms with van der Waals surface area (Å²) in [6.07, 6.45) is 8.36. The van der Waals surface area contributed by atoms with Gasteiger partial charge in [-0.1, -0.05) is 24.3 Å². The molecule has 1 aromatic rings. The molecule has 1 aliphatic heterocycles. The maximum absolute atomic E-state index is 13.0. The van der Waals surface area contributed by atoms with Crippen LogP contribution in [-0.2, 0) is 4.79 Å². The Labute approximate surface area is 124 Å². The van der Waals surface area contributed by atoms with Gasteiger partial charge in [0.1, 0.15) is 5.82 Å². The van der Waals surface area contributed by atoms with E-state index in [0.717, 1.165) is 31.4 Å². The van der Waals surface area contributed by atoms with Crippen LogP contribution in [0.3, 0.4) is 0 Å². The summed E-state index contributed by atoms with van der Waals surface area (Å²) >= 11 is 0. The first-order valence-electron chi connectivity index (χ1n) is 7.64. The van der Waals surface area contributed by atoms with Crippen molar-refractivity contribution >= 4 is 12.0 Å². The van der Waals surface area contributed by atoms with Gasteiger partial charge in [-0.15, -0.1) is 0 Å². The molecular formula is C17H21FN2O. The molecule has 4 heteroatoms. The number of fused-ring (bicyclic) bond motifs is 1. The lowest BCUT2D eigenvalue weighted by molar-refractivity contribution is -0.122. The molecule has 1 aromatic carbocycles. The van der Waals surface area contributed by atoms with Gasteiger partial charge in [0.15, 0.2) is 0 Å². The van der Waals surface area contributed by atoms with Gasteiger partial charge in [-0.25, -0.2) is 4.39 Å². The first-order valence-corrected chi connectivity index (χ1v) is 7.64. The maximum atomic E-state index is 13.0. The van der Waals surface area contributed by atoms with Crippen molar-refractivity contribution in [3.63, 3.8) is 0 Å². The fourth-order valence-electron chi connectivity index (χ4n) is 3.59. The number of nitrogens with one attached hydrogen (secondary N) is 2. The summed E-state index contributed by atoms with van der Waals surface area (Å²) < 4.78 is 13.0. The average Bonchev–Trinajstić information content (AvgIpc) is 2.97. The standard InChI is InChI=1S/C17H21FN2O/c18-14-6-1-4-13(12-14)5-2-8-16(21)20-17-9-3-7-15(17)19-11-10-17/h1-2,4-6,12,15,19H,3,7-11H2,(H,20,21)/b5-2+. The molecule has 2 atom stereocenters. The molecule has 0 spiro atoms. The van der Waals surface area contributed by atoms with Crippen LogP contribution in [0.4, 0.5) is 4.39 Å². The van der Waals surface area contributed by atoms with Crippen molar-refractivity contribution in [2.75, 3.05) is 6.54 Å². The van der Waals surface area contributed by atoms with Crippen molar-refractivity contribution in [1.82, 2.24) is 10.6 Å². The Balaban J connectivity index is 1.55. The largest absolute Gasteiger partial charge is 0.349 e. The van der Waals surface area contributed by atoms with Crippen LogP contribution in [0.25, 0.3) is 6.08 Å². The zero-order valence-electron chi connectivity index (χ0n) is 12.1. The Morgan fingerprint density at radius 3 is 3.24 bits per heavy atom. The van der Waals surface area contributed by atoms with E-state index >= 15 is 0 Å². The number of halogens is 1. The van der Waals surface area contributed by atoms with Crippen LogP contribution in [-0.4, -0.2) is 24.0 Å². The lowest BCUT2D eigenvalue weighted by Gasteiger charge is -2.30. The van der Waals surface area contributed by atoms with Gasteiger partial charge in [0.2, 0.25) is 5.91 Å². The van der Waals surface area contributed by atoms with Gasteiger partial charge in [-0.05, 0) is 49.9 Å².